The van der Waals surface area contributed by atoms with Gasteiger partial charge >= 0.3 is 0 Å². The summed E-state index contributed by atoms with van der Waals surface area (Å²) in [7, 11) is 1.64. The van der Waals surface area contributed by atoms with Crippen LogP contribution >= 0.6 is 11.6 Å². The van der Waals surface area contributed by atoms with Gasteiger partial charge in [0.2, 0.25) is 0 Å². The zero-order valence-corrected chi connectivity index (χ0v) is 12.5. The third kappa shape index (κ3) is 4.74. The van der Waals surface area contributed by atoms with E-state index in [2.05, 4.69) is 10.5 Å². The van der Waals surface area contributed by atoms with Crippen LogP contribution in [0.25, 0.3) is 0 Å². The lowest BCUT2D eigenvalue weighted by Gasteiger charge is -2.17. The summed E-state index contributed by atoms with van der Waals surface area (Å²) >= 11 is 6.26. The Bertz CT molecular complexity index is 384. The fourth-order valence-corrected chi connectivity index (χ4v) is 2.04. The van der Waals surface area contributed by atoms with Crippen LogP contribution in [0.1, 0.15) is 18.3 Å². The highest BCUT2D eigenvalue weighted by Crippen LogP contribution is 2.21. The van der Waals surface area contributed by atoms with Gasteiger partial charge in [0.05, 0.1) is 36.2 Å². The maximum Gasteiger partial charge on any atom is 0.0847 e. The lowest BCUT2D eigenvalue weighted by atomic mass is 10.1. The van der Waals surface area contributed by atoms with Gasteiger partial charge in [0.1, 0.15) is 0 Å². The van der Waals surface area contributed by atoms with E-state index in [-0.39, 0.29) is 6.04 Å². The third-order valence-corrected chi connectivity index (χ3v) is 3.37. The number of aromatic nitrogens is 2. The Labute approximate surface area is 119 Å². The molecular weight excluding hydrogens is 268 g/mol. The summed E-state index contributed by atoms with van der Waals surface area (Å²) in [5.74, 6) is 5.55. The van der Waals surface area contributed by atoms with Gasteiger partial charge in [0.25, 0.3) is 0 Å². The predicted molar refractivity (Wildman–Crippen MR) is 75.2 cm³/mol. The minimum atomic E-state index is -0.00393. The van der Waals surface area contributed by atoms with Crippen molar-refractivity contribution in [2.45, 2.75) is 32.9 Å². The minimum Gasteiger partial charge on any atom is -0.382 e. The normalized spacial score (nSPS) is 12.9. The second kappa shape index (κ2) is 8.50. The van der Waals surface area contributed by atoms with Crippen LogP contribution < -0.4 is 11.3 Å². The second-order valence-corrected chi connectivity index (χ2v) is 4.68. The van der Waals surface area contributed by atoms with Crippen molar-refractivity contribution >= 4 is 11.6 Å². The largest absolute Gasteiger partial charge is 0.382 e. The first-order chi connectivity index (χ1) is 9.13. The van der Waals surface area contributed by atoms with Crippen LogP contribution in [0.15, 0.2) is 0 Å². The van der Waals surface area contributed by atoms with Gasteiger partial charge in [-0.1, -0.05) is 11.6 Å². The van der Waals surface area contributed by atoms with Gasteiger partial charge in [0, 0.05) is 26.1 Å². The number of nitrogens with one attached hydrogen (secondary N) is 1. The average Bonchev–Trinajstić information content (AvgIpc) is 2.69. The van der Waals surface area contributed by atoms with Crippen LogP contribution in [0.2, 0.25) is 5.02 Å². The number of methoxy groups -OCH3 is 1. The lowest BCUT2D eigenvalue weighted by molar-refractivity contribution is 0.0584. The molecular formula is C12H23ClN4O2. The number of nitrogens with two attached hydrogens (primary N) is 1. The summed E-state index contributed by atoms with van der Waals surface area (Å²) < 4.78 is 12.3. The van der Waals surface area contributed by atoms with Crippen LogP contribution in [0.3, 0.4) is 0 Å². The topological polar surface area (TPSA) is 74.3 Å². The molecule has 0 spiro atoms. The number of rotatable bonds is 9. The van der Waals surface area contributed by atoms with E-state index < -0.39 is 0 Å². The van der Waals surface area contributed by atoms with Gasteiger partial charge in [-0.2, -0.15) is 5.10 Å². The van der Waals surface area contributed by atoms with Crippen molar-refractivity contribution in [3.63, 3.8) is 0 Å². The molecule has 3 N–H and O–H groups in total. The first-order valence-corrected chi connectivity index (χ1v) is 6.76. The Kier molecular flexibility index (Phi) is 7.33. The van der Waals surface area contributed by atoms with Gasteiger partial charge in [-0.05, 0) is 13.8 Å². The molecule has 0 saturated heterocycles. The molecule has 1 rings (SSSR count). The van der Waals surface area contributed by atoms with Crippen LogP contribution in [0.4, 0.5) is 0 Å². The molecule has 6 nitrogen and oxygen atoms in total. The van der Waals surface area contributed by atoms with E-state index in [0.717, 1.165) is 17.9 Å². The number of hydrogen-bond acceptors (Lipinski definition) is 5. The molecule has 1 heterocycles. The van der Waals surface area contributed by atoms with E-state index in [9.17, 15) is 0 Å². The molecule has 0 saturated carbocycles. The van der Waals surface area contributed by atoms with Crippen LogP contribution in [-0.4, -0.2) is 42.8 Å². The molecule has 0 fully saturated rings. The van der Waals surface area contributed by atoms with E-state index in [1.165, 1.54) is 0 Å². The van der Waals surface area contributed by atoms with Crippen molar-refractivity contribution in [2.75, 3.05) is 26.9 Å². The van der Waals surface area contributed by atoms with E-state index in [1.807, 2.05) is 18.5 Å². The number of hydrogen-bond donors (Lipinski definition) is 2. The van der Waals surface area contributed by atoms with E-state index in [4.69, 9.17) is 26.9 Å². The highest BCUT2D eigenvalue weighted by Gasteiger charge is 2.17. The molecule has 0 aliphatic rings. The van der Waals surface area contributed by atoms with Crippen molar-refractivity contribution in [3.05, 3.63) is 16.4 Å². The van der Waals surface area contributed by atoms with Gasteiger partial charge in [-0.3, -0.25) is 16.0 Å². The second-order valence-electron chi connectivity index (χ2n) is 4.30. The van der Waals surface area contributed by atoms with Crippen LogP contribution in [0.5, 0.6) is 0 Å². The van der Waals surface area contributed by atoms with Crippen molar-refractivity contribution in [3.8, 4) is 0 Å². The first-order valence-electron chi connectivity index (χ1n) is 6.38. The van der Waals surface area contributed by atoms with Gasteiger partial charge in [0.15, 0.2) is 0 Å². The Morgan fingerprint density at radius 3 is 2.79 bits per heavy atom. The Hall–Kier alpha value is -0.660. The number of ether oxygens (including phenoxy) is 2. The summed E-state index contributed by atoms with van der Waals surface area (Å²) in [5.41, 5.74) is 4.58. The maximum atomic E-state index is 6.26. The van der Waals surface area contributed by atoms with Crippen molar-refractivity contribution in [2.24, 2.45) is 5.84 Å². The van der Waals surface area contributed by atoms with Gasteiger partial charge in [-0.25, -0.2) is 0 Å². The van der Waals surface area contributed by atoms with Crippen molar-refractivity contribution < 1.29 is 9.47 Å². The van der Waals surface area contributed by atoms with Crippen LogP contribution in [-0.2, 0) is 22.4 Å². The Morgan fingerprint density at radius 2 is 2.21 bits per heavy atom. The Morgan fingerprint density at radius 1 is 1.47 bits per heavy atom. The molecule has 7 heteroatoms. The first kappa shape index (κ1) is 16.4. The highest BCUT2D eigenvalue weighted by molar-refractivity contribution is 6.31. The molecule has 1 unspecified atom stereocenters. The van der Waals surface area contributed by atoms with Crippen LogP contribution in [0, 0.1) is 6.92 Å². The smallest absolute Gasteiger partial charge is 0.0847 e. The molecule has 0 aliphatic heterocycles. The van der Waals surface area contributed by atoms with Crippen molar-refractivity contribution in [1.29, 1.82) is 0 Å². The monoisotopic (exact) mass is 290 g/mol. The molecule has 0 amide bonds. The van der Waals surface area contributed by atoms with E-state index in [1.54, 1.807) is 7.11 Å². The fraction of sp³-hybridized carbons (Fsp3) is 0.750. The summed E-state index contributed by atoms with van der Waals surface area (Å²) in [5, 5.41) is 5.09. The molecule has 19 heavy (non-hydrogen) atoms. The standard InChI is InChI=1S/C12H23ClN4O2/c1-4-17-11(12(13)9(2)16-17)7-10(15-14)8-19-6-5-18-3/h10,15H,4-8,14H2,1-3H3. The zero-order chi connectivity index (χ0) is 14.3. The molecule has 110 valence electrons. The van der Waals surface area contributed by atoms with E-state index in [0.29, 0.717) is 31.3 Å². The van der Waals surface area contributed by atoms with Gasteiger partial charge in [-0.15, -0.1) is 0 Å². The highest BCUT2D eigenvalue weighted by atomic mass is 35.5. The minimum absolute atomic E-state index is 0.00393. The Balaban J connectivity index is 2.59. The number of aryl methyl sites for hydroxylation is 2. The molecule has 1 aromatic rings. The van der Waals surface area contributed by atoms with E-state index >= 15 is 0 Å². The summed E-state index contributed by atoms with van der Waals surface area (Å²) in [6.07, 6.45) is 0.678. The number of nitrogens with zero attached hydrogens (tertiary/aromatic N) is 2. The number of halogens is 1. The summed E-state index contributed by atoms with van der Waals surface area (Å²) in [6.45, 7) is 6.34. The molecule has 0 aliphatic carbocycles. The molecule has 0 bridgehead atoms. The molecule has 1 aromatic heterocycles. The lowest BCUT2D eigenvalue weighted by Crippen LogP contribution is -2.41. The van der Waals surface area contributed by atoms with Gasteiger partial charge < -0.3 is 9.47 Å². The average molecular weight is 291 g/mol. The third-order valence-electron chi connectivity index (χ3n) is 2.88. The van der Waals surface area contributed by atoms with Crippen molar-refractivity contribution in [1.82, 2.24) is 15.2 Å². The summed E-state index contributed by atoms with van der Waals surface area (Å²) in [4.78, 5) is 0. The quantitative estimate of drug-likeness (QED) is 0.402. The molecule has 1 atom stereocenters. The fourth-order valence-electron chi connectivity index (χ4n) is 1.83. The maximum absolute atomic E-state index is 6.26. The SMILES string of the molecule is CCn1nc(C)c(Cl)c1CC(COCCOC)NN. The predicted octanol–water partition coefficient (Wildman–Crippen LogP) is 0.902. The number of hydrazine groups is 1. The molecule has 0 aromatic carbocycles. The zero-order valence-electron chi connectivity index (χ0n) is 11.8. The molecule has 0 radical (unpaired) electrons. The summed E-state index contributed by atoms with van der Waals surface area (Å²) in [6, 6.07) is -0.00393.